The van der Waals surface area contributed by atoms with Gasteiger partial charge in [0.2, 0.25) is 0 Å². The van der Waals surface area contributed by atoms with Crippen molar-refractivity contribution in [1.82, 2.24) is 0 Å². The van der Waals surface area contributed by atoms with Crippen LogP contribution in [0.1, 0.15) is 24.2 Å². The van der Waals surface area contributed by atoms with Gasteiger partial charge in [-0.25, -0.2) is 8.78 Å². The minimum absolute atomic E-state index is 0.0166. The molecule has 0 fully saturated rings. The van der Waals surface area contributed by atoms with Crippen molar-refractivity contribution in [2.75, 3.05) is 6.54 Å². The SMILES string of the molecule is CC(C)(CN)C(=O)c1cc(F)cc(F)c1. The van der Waals surface area contributed by atoms with Crippen LogP contribution >= 0.6 is 0 Å². The molecule has 0 aromatic heterocycles. The average molecular weight is 213 g/mol. The Morgan fingerprint density at radius 2 is 1.73 bits per heavy atom. The molecule has 1 aromatic rings. The van der Waals surface area contributed by atoms with Crippen LogP contribution in [0.2, 0.25) is 0 Å². The Labute approximate surface area is 87.1 Å². The molecular weight excluding hydrogens is 200 g/mol. The van der Waals surface area contributed by atoms with Crippen LogP contribution in [0.25, 0.3) is 0 Å². The smallest absolute Gasteiger partial charge is 0.169 e. The number of ketones is 1. The van der Waals surface area contributed by atoms with Gasteiger partial charge in [-0.3, -0.25) is 4.79 Å². The number of halogens is 2. The lowest BCUT2D eigenvalue weighted by Gasteiger charge is -2.20. The largest absolute Gasteiger partial charge is 0.329 e. The highest BCUT2D eigenvalue weighted by atomic mass is 19.1. The molecule has 15 heavy (non-hydrogen) atoms. The molecule has 0 aliphatic heterocycles. The van der Waals surface area contributed by atoms with E-state index in [4.69, 9.17) is 5.73 Å². The molecule has 0 unspecified atom stereocenters. The van der Waals surface area contributed by atoms with Crippen molar-refractivity contribution in [2.45, 2.75) is 13.8 Å². The molecule has 0 atom stereocenters. The van der Waals surface area contributed by atoms with Crippen LogP contribution < -0.4 is 5.73 Å². The lowest BCUT2D eigenvalue weighted by molar-refractivity contribution is 0.0846. The Bertz CT molecular complexity index is 368. The van der Waals surface area contributed by atoms with Gasteiger partial charge in [-0.2, -0.15) is 0 Å². The van der Waals surface area contributed by atoms with Gasteiger partial charge in [-0.15, -0.1) is 0 Å². The lowest BCUT2D eigenvalue weighted by Crippen LogP contribution is -2.32. The van der Waals surface area contributed by atoms with Gasteiger partial charge in [0.25, 0.3) is 0 Å². The quantitative estimate of drug-likeness (QED) is 0.781. The fraction of sp³-hybridized carbons (Fsp3) is 0.364. The molecule has 1 rings (SSSR count). The molecule has 0 amide bonds. The molecule has 4 heteroatoms. The van der Waals surface area contributed by atoms with Gasteiger partial charge >= 0.3 is 0 Å². The van der Waals surface area contributed by atoms with Gasteiger partial charge in [0, 0.05) is 23.6 Å². The number of benzene rings is 1. The van der Waals surface area contributed by atoms with Crippen LogP contribution in [-0.2, 0) is 0 Å². The summed E-state index contributed by atoms with van der Waals surface area (Å²) in [5, 5.41) is 0. The predicted molar refractivity (Wildman–Crippen MR) is 53.5 cm³/mol. The molecule has 0 radical (unpaired) electrons. The zero-order valence-electron chi connectivity index (χ0n) is 8.68. The summed E-state index contributed by atoms with van der Waals surface area (Å²) >= 11 is 0. The van der Waals surface area contributed by atoms with Gasteiger partial charge in [-0.05, 0) is 12.1 Å². The Morgan fingerprint density at radius 3 is 2.13 bits per heavy atom. The van der Waals surface area contributed by atoms with Crippen LogP contribution in [0.15, 0.2) is 18.2 Å². The van der Waals surface area contributed by atoms with Gasteiger partial charge in [0.05, 0.1) is 0 Å². The number of hydrogen-bond donors (Lipinski definition) is 1. The molecule has 82 valence electrons. The summed E-state index contributed by atoms with van der Waals surface area (Å²) in [7, 11) is 0. The van der Waals surface area contributed by atoms with E-state index in [1.165, 1.54) is 0 Å². The van der Waals surface area contributed by atoms with Crippen LogP contribution in [-0.4, -0.2) is 12.3 Å². The second-order valence-corrected chi connectivity index (χ2v) is 4.08. The molecule has 1 aromatic carbocycles. The maximum atomic E-state index is 12.9. The van der Waals surface area contributed by atoms with Crippen LogP contribution in [0.5, 0.6) is 0 Å². The van der Waals surface area contributed by atoms with Crippen molar-refractivity contribution < 1.29 is 13.6 Å². The van der Waals surface area contributed by atoms with Crippen molar-refractivity contribution in [1.29, 1.82) is 0 Å². The number of hydrogen-bond acceptors (Lipinski definition) is 2. The van der Waals surface area contributed by atoms with Crippen molar-refractivity contribution in [3.05, 3.63) is 35.4 Å². The monoisotopic (exact) mass is 213 g/mol. The van der Waals surface area contributed by atoms with E-state index in [1.807, 2.05) is 0 Å². The van der Waals surface area contributed by atoms with E-state index in [0.29, 0.717) is 0 Å². The van der Waals surface area contributed by atoms with Crippen LogP contribution in [0, 0.1) is 17.0 Å². The molecule has 0 aliphatic rings. The minimum atomic E-state index is -0.805. The normalized spacial score (nSPS) is 11.5. The van der Waals surface area contributed by atoms with Crippen molar-refractivity contribution in [3.8, 4) is 0 Å². The third-order valence-corrected chi connectivity index (χ3v) is 2.25. The van der Waals surface area contributed by atoms with E-state index in [-0.39, 0.29) is 17.9 Å². The number of nitrogens with two attached hydrogens (primary N) is 1. The van der Waals surface area contributed by atoms with Crippen molar-refractivity contribution >= 4 is 5.78 Å². The van der Waals surface area contributed by atoms with Crippen molar-refractivity contribution in [2.24, 2.45) is 11.1 Å². The van der Waals surface area contributed by atoms with E-state index >= 15 is 0 Å². The fourth-order valence-corrected chi connectivity index (χ4v) is 1.17. The lowest BCUT2D eigenvalue weighted by atomic mass is 9.84. The zero-order valence-corrected chi connectivity index (χ0v) is 8.68. The molecule has 2 nitrogen and oxygen atoms in total. The van der Waals surface area contributed by atoms with E-state index < -0.39 is 17.0 Å². The molecule has 0 spiro atoms. The first kappa shape index (κ1) is 11.8. The maximum Gasteiger partial charge on any atom is 0.169 e. The summed E-state index contributed by atoms with van der Waals surface area (Å²) < 4.78 is 25.7. The second-order valence-electron chi connectivity index (χ2n) is 4.08. The van der Waals surface area contributed by atoms with Gasteiger partial charge in [-0.1, -0.05) is 13.8 Å². The third-order valence-electron chi connectivity index (χ3n) is 2.25. The molecule has 0 saturated heterocycles. The number of carbonyl (C=O) groups is 1. The van der Waals surface area contributed by atoms with Gasteiger partial charge in [0.1, 0.15) is 11.6 Å². The molecule has 0 heterocycles. The van der Waals surface area contributed by atoms with E-state index in [9.17, 15) is 13.6 Å². The minimum Gasteiger partial charge on any atom is -0.329 e. The predicted octanol–water partition coefficient (Wildman–Crippen LogP) is 2.13. The van der Waals surface area contributed by atoms with E-state index in [2.05, 4.69) is 0 Å². The fourth-order valence-electron chi connectivity index (χ4n) is 1.17. The second kappa shape index (κ2) is 4.06. The molecule has 2 N–H and O–H groups in total. The Hall–Kier alpha value is -1.29. The first-order valence-electron chi connectivity index (χ1n) is 4.58. The zero-order chi connectivity index (χ0) is 11.6. The van der Waals surface area contributed by atoms with E-state index in [0.717, 1.165) is 18.2 Å². The summed E-state index contributed by atoms with van der Waals surface area (Å²) in [6.45, 7) is 3.40. The average Bonchev–Trinajstić information content (AvgIpc) is 2.15. The Balaban J connectivity index is 3.12. The Morgan fingerprint density at radius 1 is 1.27 bits per heavy atom. The molecular formula is C11H13F2NO. The summed E-state index contributed by atoms with van der Waals surface area (Å²) in [5.74, 6) is -1.87. The molecule has 0 saturated carbocycles. The summed E-state index contributed by atoms with van der Waals surface area (Å²) in [6, 6.07) is 2.76. The van der Waals surface area contributed by atoms with Gasteiger partial charge in [0.15, 0.2) is 5.78 Å². The van der Waals surface area contributed by atoms with Crippen LogP contribution in [0.4, 0.5) is 8.78 Å². The van der Waals surface area contributed by atoms with E-state index in [1.54, 1.807) is 13.8 Å². The first-order chi connectivity index (χ1) is 6.86. The maximum absolute atomic E-state index is 12.9. The number of Topliss-reactive ketones (excluding diaryl/α,β-unsaturated/α-hetero) is 1. The molecule has 0 bridgehead atoms. The topological polar surface area (TPSA) is 43.1 Å². The van der Waals surface area contributed by atoms with Crippen molar-refractivity contribution in [3.63, 3.8) is 0 Å². The van der Waals surface area contributed by atoms with Crippen LogP contribution in [0.3, 0.4) is 0 Å². The summed E-state index contributed by atoms with van der Waals surface area (Å²) in [4.78, 5) is 11.8. The molecule has 0 aliphatic carbocycles. The highest BCUT2D eigenvalue weighted by Gasteiger charge is 2.27. The number of rotatable bonds is 3. The standard InChI is InChI=1S/C11H13F2NO/c1-11(2,6-14)10(15)7-3-8(12)5-9(13)4-7/h3-5H,6,14H2,1-2H3. The highest BCUT2D eigenvalue weighted by molar-refractivity contribution is 6.00. The first-order valence-corrected chi connectivity index (χ1v) is 4.58. The summed E-state index contributed by atoms with van der Waals surface area (Å²) in [6.07, 6.45) is 0. The number of carbonyl (C=O) groups excluding carboxylic acids is 1. The van der Waals surface area contributed by atoms with Gasteiger partial charge < -0.3 is 5.73 Å². The summed E-state index contributed by atoms with van der Waals surface area (Å²) in [5.41, 5.74) is 4.62. The third kappa shape index (κ3) is 2.59. The Kier molecular flexibility index (Phi) is 3.19. The highest BCUT2D eigenvalue weighted by Crippen LogP contribution is 2.21.